The SMILES string of the molecule is O=C(NCCc1ccc(O)cc1)c1ccnc(N2CCCC2CO)c1. The highest BCUT2D eigenvalue weighted by atomic mass is 16.3. The number of carbonyl (C=O) groups excluding carboxylic acids is 1. The van der Waals surface area contributed by atoms with Crippen LogP contribution in [0.4, 0.5) is 5.82 Å². The number of hydrogen-bond donors (Lipinski definition) is 3. The summed E-state index contributed by atoms with van der Waals surface area (Å²) in [6.45, 7) is 1.47. The summed E-state index contributed by atoms with van der Waals surface area (Å²) in [6, 6.07) is 10.5. The number of phenolic OH excluding ortho intramolecular Hbond substituents is 1. The zero-order chi connectivity index (χ0) is 17.6. The number of rotatable bonds is 6. The largest absolute Gasteiger partial charge is 0.508 e. The zero-order valence-corrected chi connectivity index (χ0v) is 14.1. The van der Waals surface area contributed by atoms with Crippen molar-refractivity contribution in [3.63, 3.8) is 0 Å². The second-order valence-corrected chi connectivity index (χ2v) is 6.25. The van der Waals surface area contributed by atoms with Gasteiger partial charge in [0.25, 0.3) is 5.91 Å². The van der Waals surface area contributed by atoms with Gasteiger partial charge in [0, 0.05) is 24.8 Å². The van der Waals surface area contributed by atoms with Gasteiger partial charge in [-0.25, -0.2) is 4.98 Å². The lowest BCUT2D eigenvalue weighted by atomic mass is 10.1. The topological polar surface area (TPSA) is 85.7 Å². The molecule has 0 aliphatic carbocycles. The number of aliphatic hydroxyl groups is 1. The number of carbonyl (C=O) groups is 1. The number of nitrogens with one attached hydrogen (secondary N) is 1. The van der Waals surface area contributed by atoms with Crippen LogP contribution in [-0.4, -0.2) is 46.8 Å². The molecule has 1 unspecified atom stereocenters. The first-order valence-electron chi connectivity index (χ1n) is 8.57. The first kappa shape index (κ1) is 17.2. The minimum Gasteiger partial charge on any atom is -0.508 e. The summed E-state index contributed by atoms with van der Waals surface area (Å²) in [7, 11) is 0. The highest BCUT2D eigenvalue weighted by Gasteiger charge is 2.25. The summed E-state index contributed by atoms with van der Waals surface area (Å²) in [5.41, 5.74) is 1.62. The van der Waals surface area contributed by atoms with Crippen LogP contribution >= 0.6 is 0 Å². The van der Waals surface area contributed by atoms with Gasteiger partial charge < -0.3 is 20.4 Å². The zero-order valence-electron chi connectivity index (χ0n) is 14.1. The van der Waals surface area contributed by atoms with E-state index >= 15 is 0 Å². The van der Waals surface area contributed by atoms with Gasteiger partial charge in [-0.3, -0.25) is 4.79 Å². The molecular formula is C19H23N3O3. The molecule has 3 N–H and O–H groups in total. The lowest BCUT2D eigenvalue weighted by molar-refractivity contribution is 0.0954. The minimum atomic E-state index is -0.137. The van der Waals surface area contributed by atoms with Crippen molar-refractivity contribution < 1.29 is 15.0 Å². The van der Waals surface area contributed by atoms with E-state index in [-0.39, 0.29) is 24.3 Å². The Morgan fingerprint density at radius 3 is 2.84 bits per heavy atom. The Labute approximate surface area is 147 Å². The summed E-state index contributed by atoms with van der Waals surface area (Å²) in [4.78, 5) is 18.8. The maximum atomic E-state index is 12.4. The molecular weight excluding hydrogens is 318 g/mol. The van der Waals surface area contributed by atoms with Crippen molar-refractivity contribution >= 4 is 11.7 Å². The maximum absolute atomic E-state index is 12.4. The van der Waals surface area contributed by atoms with Crippen molar-refractivity contribution in [2.24, 2.45) is 0 Å². The van der Waals surface area contributed by atoms with E-state index in [1.54, 1.807) is 30.5 Å². The first-order chi connectivity index (χ1) is 12.2. The summed E-state index contributed by atoms with van der Waals surface area (Å²) in [5, 5.41) is 21.6. The number of aromatic hydroxyl groups is 1. The Bertz CT molecular complexity index is 718. The number of aromatic nitrogens is 1. The predicted octanol–water partition coefficient (Wildman–Crippen LogP) is 1.72. The minimum absolute atomic E-state index is 0.0836. The molecule has 3 rings (SSSR count). The number of nitrogens with zero attached hydrogens (tertiary/aromatic N) is 2. The van der Waals surface area contributed by atoms with Crippen LogP contribution in [0.15, 0.2) is 42.6 Å². The summed E-state index contributed by atoms with van der Waals surface area (Å²) >= 11 is 0. The summed E-state index contributed by atoms with van der Waals surface area (Å²) in [6.07, 6.45) is 4.30. The highest BCUT2D eigenvalue weighted by molar-refractivity contribution is 5.94. The third-order valence-electron chi connectivity index (χ3n) is 4.53. The maximum Gasteiger partial charge on any atom is 0.251 e. The second-order valence-electron chi connectivity index (χ2n) is 6.25. The van der Waals surface area contributed by atoms with Crippen LogP contribution in [0.2, 0.25) is 0 Å². The smallest absolute Gasteiger partial charge is 0.251 e. The molecule has 2 aromatic rings. The first-order valence-corrected chi connectivity index (χ1v) is 8.57. The van der Waals surface area contributed by atoms with Crippen LogP contribution < -0.4 is 10.2 Å². The van der Waals surface area contributed by atoms with Gasteiger partial charge in [0.2, 0.25) is 0 Å². The molecule has 6 heteroatoms. The molecule has 2 heterocycles. The Kier molecular flexibility index (Phi) is 5.50. The molecule has 1 atom stereocenters. The monoisotopic (exact) mass is 341 g/mol. The number of pyridine rings is 1. The Morgan fingerprint density at radius 1 is 1.28 bits per heavy atom. The molecule has 1 saturated heterocycles. The summed E-state index contributed by atoms with van der Waals surface area (Å²) in [5.74, 6) is 0.838. The third-order valence-corrected chi connectivity index (χ3v) is 4.53. The molecule has 1 aromatic heterocycles. The van der Waals surface area contributed by atoms with Gasteiger partial charge in [-0.2, -0.15) is 0 Å². The fraction of sp³-hybridized carbons (Fsp3) is 0.368. The Hall–Kier alpha value is -2.60. The lowest BCUT2D eigenvalue weighted by Crippen LogP contribution is -2.33. The normalized spacial score (nSPS) is 16.8. The van der Waals surface area contributed by atoms with Crippen LogP contribution in [0.25, 0.3) is 0 Å². The Morgan fingerprint density at radius 2 is 2.08 bits per heavy atom. The van der Waals surface area contributed by atoms with E-state index < -0.39 is 0 Å². The molecule has 1 aliphatic heterocycles. The van der Waals surface area contributed by atoms with E-state index in [4.69, 9.17) is 0 Å². The van der Waals surface area contributed by atoms with Gasteiger partial charge in [0.15, 0.2) is 0 Å². The molecule has 0 bridgehead atoms. The van der Waals surface area contributed by atoms with E-state index in [0.717, 1.165) is 30.8 Å². The fourth-order valence-electron chi connectivity index (χ4n) is 3.13. The number of amides is 1. The average Bonchev–Trinajstić information content (AvgIpc) is 3.12. The molecule has 25 heavy (non-hydrogen) atoms. The predicted molar refractivity (Wildman–Crippen MR) is 95.8 cm³/mol. The van der Waals surface area contributed by atoms with Gasteiger partial charge in [-0.05, 0) is 49.1 Å². The van der Waals surface area contributed by atoms with Gasteiger partial charge >= 0.3 is 0 Å². The van der Waals surface area contributed by atoms with E-state index in [1.165, 1.54) is 0 Å². The highest BCUT2D eigenvalue weighted by Crippen LogP contribution is 2.24. The lowest BCUT2D eigenvalue weighted by Gasteiger charge is -2.24. The molecule has 132 valence electrons. The van der Waals surface area contributed by atoms with Crippen LogP contribution in [0.3, 0.4) is 0 Å². The molecule has 0 saturated carbocycles. The van der Waals surface area contributed by atoms with Crippen LogP contribution in [0.5, 0.6) is 5.75 Å². The van der Waals surface area contributed by atoms with Gasteiger partial charge in [0.05, 0.1) is 12.6 Å². The molecule has 0 radical (unpaired) electrons. The van der Waals surface area contributed by atoms with Crippen LogP contribution in [-0.2, 0) is 6.42 Å². The number of anilines is 1. The van der Waals surface area contributed by atoms with Crippen molar-refractivity contribution in [1.29, 1.82) is 0 Å². The Balaban J connectivity index is 1.58. The van der Waals surface area contributed by atoms with E-state index in [2.05, 4.69) is 15.2 Å². The average molecular weight is 341 g/mol. The van der Waals surface area contributed by atoms with E-state index in [1.807, 2.05) is 12.1 Å². The quantitative estimate of drug-likeness (QED) is 0.745. The van der Waals surface area contributed by atoms with Crippen molar-refractivity contribution in [1.82, 2.24) is 10.3 Å². The van der Waals surface area contributed by atoms with Gasteiger partial charge in [-0.15, -0.1) is 0 Å². The number of aliphatic hydroxyl groups excluding tert-OH is 1. The van der Waals surface area contributed by atoms with Gasteiger partial charge in [-0.1, -0.05) is 12.1 Å². The molecule has 1 aliphatic rings. The van der Waals surface area contributed by atoms with Crippen molar-refractivity contribution in [3.05, 3.63) is 53.7 Å². The van der Waals surface area contributed by atoms with E-state index in [9.17, 15) is 15.0 Å². The van der Waals surface area contributed by atoms with Gasteiger partial charge in [0.1, 0.15) is 11.6 Å². The molecule has 1 fully saturated rings. The van der Waals surface area contributed by atoms with Crippen LogP contribution in [0, 0.1) is 0 Å². The van der Waals surface area contributed by atoms with Crippen LogP contribution in [0.1, 0.15) is 28.8 Å². The standard InChI is InChI=1S/C19H23N3O3/c23-13-16-2-1-11-22(16)18-12-15(8-10-20-18)19(25)21-9-7-14-3-5-17(24)6-4-14/h3-6,8,10,12,16,23-24H,1-2,7,9,11,13H2,(H,21,25). The van der Waals surface area contributed by atoms with Crippen molar-refractivity contribution in [2.45, 2.75) is 25.3 Å². The van der Waals surface area contributed by atoms with E-state index in [0.29, 0.717) is 18.5 Å². The molecule has 0 spiro atoms. The molecule has 1 aromatic carbocycles. The van der Waals surface area contributed by atoms with Crippen molar-refractivity contribution in [3.8, 4) is 5.75 Å². The number of hydrogen-bond acceptors (Lipinski definition) is 5. The second kappa shape index (κ2) is 7.98. The fourth-order valence-corrected chi connectivity index (χ4v) is 3.13. The third kappa shape index (κ3) is 4.28. The number of phenols is 1. The molecule has 6 nitrogen and oxygen atoms in total. The van der Waals surface area contributed by atoms with Crippen molar-refractivity contribution in [2.75, 3.05) is 24.6 Å². The number of benzene rings is 1. The summed E-state index contributed by atoms with van der Waals surface area (Å²) < 4.78 is 0. The molecule has 1 amide bonds.